The normalized spacial score (nSPS) is 10.4. The number of methoxy groups -OCH3 is 2. The van der Waals surface area contributed by atoms with E-state index in [0.717, 1.165) is 27.5 Å². The maximum absolute atomic E-state index is 12.8. The molecule has 0 bridgehead atoms. The highest BCUT2D eigenvalue weighted by Crippen LogP contribution is 2.24. The number of nitrogens with zero attached hydrogens (tertiary/aromatic N) is 2. The molecule has 0 aliphatic rings. The van der Waals surface area contributed by atoms with Gasteiger partial charge in [0.15, 0.2) is 0 Å². The molecule has 5 rings (SSSR count). The van der Waals surface area contributed by atoms with Crippen LogP contribution in [0.3, 0.4) is 0 Å². The Labute approximate surface area is 301 Å². The Morgan fingerprint density at radius 1 is 0.846 bits per heavy atom. The summed E-state index contributed by atoms with van der Waals surface area (Å²) in [5.41, 5.74) is 3.09. The van der Waals surface area contributed by atoms with Crippen molar-refractivity contribution in [3.8, 4) is 34.5 Å². The number of hydrogen-bond donors (Lipinski definition) is 3. The van der Waals surface area contributed by atoms with Gasteiger partial charge in [0.2, 0.25) is 5.89 Å². The lowest BCUT2D eigenvalue weighted by atomic mass is 10.2. The Kier molecular flexibility index (Phi) is 14.6. The molecule has 0 aliphatic carbocycles. The van der Waals surface area contributed by atoms with Crippen LogP contribution in [0.25, 0.3) is 11.5 Å². The van der Waals surface area contributed by atoms with E-state index in [0.29, 0.717) is 42.5 Å². The maximum atomic E-state index is 12.8. The first-order valence-corrected chi connectivity index (χ1v) is 16.3. The quantitative estimate of drug-likeness (QED) is 0.108. The number of phenols is 1. The van der Waals surface area contributed by atoms with Crippen LogP contribution < -0.4 is 19.5 Å². The van der Waals surface area contributed by atoms with Gasteiger partial charge in [-0.3, -0.25) is 14.5 Å². The topological polar surface area (TPSA) is 170 Å². The fourth-order valence-corrected chi connectivity index (χ4v) is 4.79. The van der Waals surface area contributed by atoms with Crippen LogP contribution in [-0.2, 0) is 33.8 Å². The smallest absolute Gasteiger partial charge is 0.416 e. The predicted octanol–water partition coefficient (Wildman–Crippen LogP) is 6.02. The van der Waals surface area contributed by atoms with E-state index in [4.69, 9.17) is 18.6 Å². The second-order valence-corrected chi connectivity index (χ2v) is 11.2. The first kappa shape index (κ1) is 38.5. The van der Waals surface area contributed by atoms with Crippen LogP contribution in [0.4, 0.5) is 4.79 Å². The average Bonchev–Trinajstić information content (AvgIpc) is 3.53. The standard InChI is InChI=1S/C29H28N2O7.C10H13NO3/c1-20-25(30-28(37-20)21-8-4-3-5-9-21)16-17-36-26-11-7-6-10-22(26)18-31(19-27(32)33)29(34)38-24-14-12-23(35-2)13-15-24;1-14-10(13)7-11-6-8-4-2-3-5-9(8)12/h3-15H,16-19H2,1-2H3,(H,32,33);2-5,11-12H,6-7H2,1H3. The summed E-state index contributed by atoms with van der Waals surface area (Å²) in [7, 11) is 2.87. The van der Waals surface area contributed by atoms with Crippen LogP contribution in [0.2, 0.25) is 0 Å². The molecule has 0 saturated heterocycles. The van der Waals surface area contributed by atoms with Crippen LogP contribution in [-0.4, -0.2) is 72.0 Å². The first-order valence-electron chi connectivity index (χ1n) is 16.3. The number of esters is 1. The van der Waals surface area contributed by atoms with Gasteiger partial charge < -0.3 is 38.9 Å². The largest absolute Gasteiger partial charge is 0.508 e. The highest BCUT2D eigenvalue weighted by molar-refractivity contribution is 5.78. The summed E-state index contributed by atoms with van der Waals surface area (Å²) in [6.45, 7) is 2.21. The number of nitrogens with one attached hydrogen (secondary N) is 1. The van der Waals surface area contributed by atoms with Crippen LogP contribution >= 0.6 is 0 Å². The van der Waals surface area contributed by atoms with Gasteiger partial charge in [-0.05, 0) is 55.5 Å². The van der Waals surface area contributed by atoms with Crippen molar-refractivity contribution in [2.75, 3.05) is 33.9 Å². The lowest BCUT2D eigenvalue weighted by molar-refractivity contribution is -0.139. The number of carboxylic acid groups (broad SMARTS) is 1. The SMILES string of the molecule is COC(=O)CNCc1ccccc1O.COc1ccc(OC(=O)N(CC(=O)O)Cc2ccccc2OCCc2nc(-c3ccccc3)oc2C)cc1. The zero-order chi connectivity index (χ0) is 37.3. The molecule has 1 heterocycles. The number of carboxylic acids is 1. The van der Waals surface area contributed by atoms with Crippen molar-refractivity contribution in [3.05, 3.63) is 126 Å². The van der Waals surface area contributed by atoms with Crippen LogP contribution in [0.5, 0.6) is 23.0 Å². The van der Waals surface area contributed by atoms with E-state index in [1.165, 1.54) is 14.2 Å². The third kappa shape index (κ3) is 11.9. The van der Waals surface area contributed by atoms with Crippen molar-refractivity contribution in [1.29, 1.82) is 0 Å². The van der Waals surface area contributed by atoms with E-state index < -0.39 is 18.6 Å². The predicted molar refractivity (Wildman–Crippen MR) is 191 cm³/mol. The fourth-order valence-electron chi connectivity index (χ4n) is 4.79. The fraction of sp³-hybridized carbons (Fsp3) is 0.231. The zero-order valence-electron chi connectivity index (χ0n) is 29.1. The van der Waals surface area contributed by atoms with E-state index in [2.05, 4.69) is 15.0 Å². The number of phenolic OH excluding ortho intramolecular Hbond substituents is 1. The summed E-state index contributed by atoms with van der Waals surface area (Å²) >= 11 is 0. The van der Waals surface area contributed by atoms with Gasteiger partial charge in [-0.25, -0.2) is 9.78 Å². The number of rotatable bonds is 15. The summed E-state index contributed by atoms with van der Waals surface area (Å²) < 4.78 is 26.8. The molecule has 1 aromatic heterocycles. The molecule has 0 atom stereocenters. The number of ether oxygens (including phenoxy) is 4. The number of carbonyl (C=O) groups is 3. The second kappa shape index (κ2) is 19.7. The van der Waals surface area contributed by atoms with Gasteiger partial charge in [-0.15, -0.1) is 0 Å². The number of aromatic nitrogens is 1. The molecule has 13 nitrogen and oxygen atoms in total. The second-order valence-electron chi connectivity index (χ2n) is 11.2. The third-order valence-corrected chi connectivity index (χ3v) is 7.50. The van der Waals surface area contributed by atoms with Crippen molar-refractivity contribution in [3.63, 3.8) is 0 Å². The number of benzene rings is 4. The van der Waals surface area contributed by atoms with Crippen molar-refractivity contribution in [2.24, 2.45) is 0 Å². The Morgan fingerprint density at radius 3 is 2.17 bits per heavy atom. The number of para-hydroxylation sites is 2. The average molecular weight is 712 g/mol. The first-order chi connectivity index (χ1) is 25.2. The third-order valence-electron chi connectivity index (χ3n) is 7.50. The van der Waals surface area contributed by atoms with Gasteiger partial charge in [-0.2, -0.15) is 0 Å². The molecule has 0 spiro atoms. The molecule has 0 fully saturated rings. The zero-order valence-corrected chi connectivity index (χ0v) is 29.1. The molecule has 0 radical (unpaired) electrons. The molecule has 52 heavy (non-hydrogen) atoms. The minimum absolute atomic E-state index is 0.0153. The summed E-state index contributed by atoms with van der Waals surface area (Å²) in [5.74, 6) is 1.43. The number of aromatic hydroxyl groups is 1. The lowest BCUT2D eigenvalue weighted by Crippen LogP contribution is -2.37. The van der Waals surface area contributed by atoms with E-state index in [9.17, 15) is 24.6 Å². The maximum Gasteiger partial charge on any atom is 0.416 e. The monoisotopic (exact) mass is 711 g/mol. The minimum atomic E-state index is -1.16. The van der Waals surface area contributed by atoms with Gasteiger partial charge in [0, 0.05) is 29.7 Å². The Balaban J connectivity index is 0.000000363. The molecule has 0 aliphatic heterocycles. The van der Waals surface area contributed by atoms with E-state index in [-0.39, 0.29) is 30.6 Å². The highest BCUT2D eigenvalue weighted by Gasteiger charge is 2.21. The Morgan fingerprint density at radius 2 is 1.50 bits per heavy atom. The summed E-state index contributed by atoms with van der Waals surface area (Å²) in [4.78, 5) is 40.7. The molecule has 5 aromatic rings. The van der Waals surface area contributed by atoms with Crippen molar-refractivity contribution in [1.82, 2.24) is 15.2 Å². The van der Waals surface area contributed by atoms with Crippen molar-refractivity contribution in [2.45, 2.75) is 26.4 Å². The number of carbonyl (C=O) groups excluding carboxylic acids is 2. The number of hydrogen-bond acceptors (Lipinski definition) is 11. The number of amides is 1. The molecular formula is C39H41N3O10. The van der Waals surface area contributed by atoms with Gasteiger partial charge >= 0.3 is 18.0 Å². The summed E-state index contributed by atoms with van der Waals surface area (Å²) in [5, 5.41) is 21.6. The molecule has 4 aromatic carbocycles. The molecular weight excluding hydrogens is 670 g/mol. The van der Waals surface area contributed by atoms with Gasteiger partial charge in [0.1, 0.15) is 35.3 Å². The van der Waals surface area contributed by atoms with Gasteiger partial charge in [-0.1, -0.05) is 54.6 Å². The summed E-state index contributed by atoms with van der Waals surface area (Å²) in [6, 6.07) is 30.2. The minimum Gasteiger partial charge on any atom is -0.508 e. The van der Waals surface area contributed by atoms with E-state index in [1.807, 2.05) is 49.4 Å². The number of aryl methyl sites for hydroxylation is 1. The van der Waals surface area contributed by atoms with Gasteiger partial charge in [0.25, 0.3) is 0 Å². The van der Waals surface area contributed by atoms with Crippen LogP contribution in [0.15, 0.2) is 108 Å². The lowest BCUT2D eigenvalue weighted by Gasteiger charge is -2.21. The number of aliphatic carboxylic acids is 1. The molecule has 3 N–H and O–H groups in total. The molecule has 0 unspecified atom stereocenters. The summed E-state index contributed by atoms with van der Waals surface area (Å²) in [6.07, 6.45) is -0.284. The number of oxazole rings is 1. The molecule has 1 amide bonds. The van der Waals surface area contributed by atoms with Gasteiger partial charge in [0.05, 0.1) is 39.6 Å². The molecule has 0 saturated carbocycles. The Bertz CT molecular complexity index is 1890. The molecule has 13 heteroatoms. The van der Waals surface area contributed by atoms with E-state index in [1.54, 1.807) is 60.7 Å². The van der Waals surface area contributed by atoms with Crippen molar-refractivity contribution < 1.29 is 48.0 Å². The van der Waals surface area contributed by atoms with Crippen LogP contribution in [0, 0.1) is 6.92 Å². The van der Waals surface area contributed by atoms with E-state index >= 15 is 0 Å². The highest BCUT2D eigenvalue weighted by atomic mass is 16.6. The molecule has 272 valence electrons. The van der Waals surface area contributed by atoms with Crippen LogP contribution in [0.1, 0.15) is 22.6 Å². The van der Waals surface area contributed by atoms with Crippen molar-refractivity contribution >= 4 is 18.0 Å². The Hall–Kier alpha value is -6.34.